The van der Waals surface area contributed by atoms with Crippen LogP contribution in [0, 0.1) is 0 Å². The zero-order valence-corrected chi connectivity index (χ0v) is 19.0. The number of fused-ring (bicyclic) bond motifs is 1. The number of nitrogens with zero attached hydrogens (tertiary/aromatic N) is 2. The fraction of sp³-hybridized carbons (Fsp3) is 0.346. The van der Waals surface area contributed by atoms with E-state index in [2.05, 4.69) is 29.3 Å². The number of hydrogen-bond acceptors (Lipinski definition) is 6. The van der Waals surface area contributed by atoms with Crippen molar-refractivity contribution in [2.45, 2.75) is 39.2 Å². The number of carbonyl (C=O) groups is 2. The number of amides is 1. The third-order valence-electron chi connectivity index (χ3n) is 5.80. The highest BCUT2D eigenvalue weighted by Gasteiger charge is 2.20. The monoisotopic (exact) mass is 447 g/mol. The summed E-state index contributed by atoms with van der Waals surface area (Å²) in [5.41, 5.74) is 1.76. The van der Waals surface area contributed by atoms with Crippen LogP contribution in [0.4, 0.5) is 11.5 Å². The summed E-state index contributed by atoms with van der Waals surface area (Å²) in [7, 11) is 0. The molecular weight excluding hydrogens is 418 g/mol. The van der Waals surface area contributed by atoms with Crippen LogP contribution in [-0.2, 0) is 9.53 Å². The maximum absolute atomic E-state index is 12.4. The molecule has 1 aliphatic heterocycles. The van der Waals surface area contributed by atoms with Crippen LogP contribution in [0.3, 0.4) is 0 Å². The van der Waals surface area contributed by atoms with E-state index in [1.54, 1.807) is 31.2 Å². The molecule has 1 aliphatic rings. The zero-order chi connectivity index (χ0) is 23.2. The van der Waals surface area contributed by atoms with Gasteiger partial charge < -0.3 is 19.7 Å². The molecule has 0 spiro atoms. The smallest absolute Gasteiger partial charge is 0.338 e. The second-order valence-corrected chi connectivity index (χ2v) is 8.17. The van der Waals surface area contributed by atoms with Crippen molar-refractivity contribution >= 4 is 34.3 Å². The van der Waals surface area contributed by atoms with Crippen LogP contribution in [0.25, 0.3) is 10.9 Å². The Morgan fingerprint density at radius 1 is 1.09 bits per heavy atom. The van der Waals surface area contributed by atoms with Gasteiger partial charge in [0.2, 0.25) is 0 Å². The van der Waals surface area contributed by atoms with Gasteiger partial charge in [0, 0.05) is 23.7 Å². The van der Waals surface area contributed by atoms with Gasteiger partial charge in [0.05, 0.1) is 12.2 Å². The highest BCUT2D eigenvalue weighted by atomic mass is 16.5. The number of aromatic nitrogens is 1. The first-order valence-electron chi connectivity index (χ1n) is 11.4. The number of nitrogens with one attached hydrogen (secondary N) is 1. The summed E-state index contributed by atoms with van der Waals surface area (Å²) in [6.45, 7) is 5.16. The molecule has 2 aromatic carbocycles. The topological polar surface area (TPSA) is 80.8 Å². The number of pyridine rings is 1. The molecule has 1 aromatic heterocycles. The largest absolute Gasteiger partial charge is 0.481 e. The standard InChI is InChI=1S/C26H29N3O4/c1-3-32-26(31)20-10-13-21(14-11-20)27-24(30)17-33-22-9-6-8-19-12-15-23(28-25(19)22)29-16-5-4-7-18(29)2/h6,8-15,18H,3-5,7,16-17H2,1-2H3,(H,27,30). The fourth-order valence-corrected chi connectivity index (χ4v) is 4.07. The van der Waals surface area contributed by atoms with E-state index in [1.165, 1.54) is 19.3 Å². The molecule has 0 aliphatic carbocycles. The molecule has 1 atom stereocenters. The summed E-state index contributed by atoms with van der Waals surface area (Å²) in [5, 5.41) is 3.75. The Morgan fingerprint density at radius 2 is 1.91 bits per heavy atom. The van der Waals surface area contributed by atoms with Gasteiger partial charge in [-0.2, -0.15) is 0 Å². The third kappa shape index (κ3) is 5.42. The van der Waals surface area contributed by atoms with Gasteiger partial charge in [0.15, 0.2) is 6.61 Å². The first kappa shape index (κ1) is 22.6. The van der Waals surface area contributed by atoms with Gasteiger partial charge >= 0.3 is 5.97 Å². The lowest BCUT2D eigenvalue weighted by molar-refractivity contribution is -0.118. The number of carbonyl (C=O) groups excluding carboxylic acids is 2. The van der Waals surface area contributed by atoms with Crippen LogP contribution in [0.15, 0.2) is 54.6 Å². The third-order valence-corrected chi connectivity index (χ3v) is 5.80. The molecule has 2 heterocycles. The number of para-hydroxylation sites is 1. The molecule has 3 aromatic rings. The van der Waals surface area contributed by atoms with Crippen LogP contribution in [0.5, 0.6) is 5.75 Å². The number of hydrogen-bond donors (Lipinski definition) is 1. The van der Waals surface area contributed by atoms with Crippen LogP contribution >= 0.6 is 0 Å². The predicted octanol–water partition coefficient (Wildman–Crippen LogP) is 4.81. The molecule has 1 fully saturated rings. The lowest BCUT2D eigenvalue weighted by atomic mass is 10.0. The second-order valence-electron chi connectivity index (χ2n) is 8.17. The molecule has 4 rings (SSSR count). The molecule has 7 heteroatoms. The first-order chi connectivity index (χ1) is 16.0. The van der Waals surface area contributed by atoms with E-state index in [0.29, 0.717) is 29.6 Å². The van der Waals surface area contributed by atoms with Crippen molar-refractivity contribution in [1.29, 1.82) is 0 Å². The van der Waals surface area contributed by atoms with E-state index in [1.807, 2.05) is 18.2 Å². The Morgan fingerprint density at radius 3 is 2.67 bits per heavy atom. The van der Waals surface area contributed by atoms with Gasteiger partial charge in [-0.15, -0.1) is 0 Å². The SMILES string of the molecule is CCOC(=O)c1ccc(NC(=O)COc2cccc3ccc(N4CCCCC4C)nc23)cc1. The average molecular weight is 448 g/mol. The lowest BCUT2D eigenvalue weighted by Gasteiger charge is -2.34. The molecule has 1 unspecified atom stereocenters. The summed E-state index contributed by atoms with van der Waals surface area (Å²) >= 11 is 0. The van der Waals surface area contributed by atoms with Gasteiger partial charge in [-0.1, -0.05) is 12.1 Å². The van der Waals surface area contributed by atoms with Crippen molar-refractivity contribution in [3.8, 4) is 5.75 Å². The van der Waals surface area contributed by atoms with Crippen molar-refractivity contribution in [1.82, 2.24) is 4.98 Å². The van der Waals surface area contributed by atoms with Crippen molar-refractivity contribution in [3.63, 3.8) is 0 Å². The Labute approximate surface area is 193 Å². The van der Waals surface area contributed by atoms with Crippen LogP contribution < -0.4 is 15.0 Å². The van der Waals surface area contributed by atoms with E-state index < -0.39 is 0 Å². The zero-order valence-electron chi connectivity index (χ0n) is 19.0. The number of rotatable bonds is 7. The molecule has 0 bridgehead atoms. The Bertz CT molecular complexity index is 1130. The Kier molecular flexibility index (Phi) is 7.07. The molecule has 7 nitrogen and oxygen atoms in total. The summed E-state index contributed by atoms with van der Waals surface area (Å²) in [6.07, 6.45) is 3.59. The minimum absolute atomic E-state index is 0.148. The van der Waals surface area contributed by atoms with Crippen molar-refractivity contribution < 1.29 is 19.1 Å². The molecule has 172 valence electrons. The summed E-state index contributed by atoms with van der Waals surface area (Å²) < 4.78 is 10.8. The number of benzene rings is 2. The van der Waals surface area contributed by atoms with Gasteiger partial charge in [-0.05, 0) is 75.6 Å². The summed E-state index contributed by atoms with van der Waals surface area (Å²) in [5.74, 6) is 0.834. The van der Waals surface area contributed by atoms with Crippen molar-refractivity contribution in [2.24, 2.45) is 0 Å². The predicted molar refractivity (Wildman–Crippen MR) is 129 cm³/mol. The van der Waals surface area contributed by atoms with Gasteiger partial charge in [-0.25, -0.2) is 9.78 Å². The summed E-state index contributed by atoms with van der Waals surface area (Å²) in [6, 6.07) is 16.8. The molecule has 1 amide bonds. The minimum Gasteiger partial charge on any atom is -0.481 e. The van der Waals surface area contributed by atoms with Crippen molar-refractivity contribution in [3.05, 3.63) is 60.2 Å². The average Bonchev–Trinajstić information content (AvgIpc) is 2.83. The quantitative estimate of drug-likeness (QED) is 0.524. The van der Waals surface area contributed by atoms with E-state index >= 15 is 0 Å². The van der Waals surface area contributed by atoms with Crippen LogP contribution in [-0.4, -0.2) is 42.7 Å². The molecule has 0 saturated carbocycles. The fourth-order valence-electron chi connectivity index (χ4n) is 4.07. The minimum atomic E-state index is -0.388. The lowest BCUT2D eigenvalue weighted by Crippen LogP contribution is -2.37. The highest BCUT2D eigenvalue weighted by Crippen LogP contribution is 2.29. The molecule has 33 heavy (non-hydrogen) atoms. The van der Waals surface area contributed by atoms with E-state index in [-0.39, 0.29) is 18.5 Å². The number of piperidine rings is 1. The molecule has 1 saturated heterocycles. The van der Waals surface area contributed by atoms with Gasteiger partial charge in [0.25, 0.3) is 5.91 Å². The van der Waals surface area contributed by atoms with E-state index in [0.717, 1.165) is 23.3 Å². The van der Waals surface area contributed by atoms with Gasteiger partial charge in [0.1, 0.15) is 17.1 Å². The van der Waals surface area contributed by atoms with Crippen LogP contribution in [0.1, 0.15) is 43.5 Å². The highest BCUT2D eigenvalue weighted by molar-refractivity contribution is 5.94. The maximum atomic E-state index is 12.4. The summed E-state index contributed by atoms with van der Waals surface area (Å²) in [4.78, 5) is 31.4. The molecule has 1 N–H and O–H groups in total. The number of anilines is 2. The Balaban J connectivity index is 1.42. The van der Waals surface area contributed by atoms with Crippen molar-refractivity contribution in [2.75, 3.05) is 30.0 Å². The second kappa shape index (κ2) is 10.3. The van der Waals surface area contributed by atoms with Gasteiger partial charge in [-0.3, -0.25) is 4.79 Å². The maximum Gasteiger partial charge on any atom is 0.338 e. The van der Waals surface area contributed by atoms with E-state index in [9.17, 15) is 9.59 Å². The van der Waals surface area contributed by atoms with E-state index in [4.69, 9.17) is 14.5 Å². The number of esters is 1. The number of ether oxygens (including phenoxy) is 2. The normalized spacial score (nSPS) is 15.8. The molecular formula is C26H29N3O4. The first-order valence-corrected chi connectivity index (χ1v) is 11.4. The Hall–Kier alpha value is -3.61. The molecule has 0 radical (unpaired) electrons. The van der Waals surface area contributed by atoms with Crippen LogP contribution in [0.2, 0.25) is 0 Å².